The molecule has 1 aliphatic rings. The molecule has 15 heavy (non-hydrogen) atoms. The zero-order chi connectivity index (χ0) is 11.1. The van der Waals surface area contributed by atoms with Gasteiger partial charge in [-0.05, 0) is 34.8 Å². The van der Waals surface area contributed by atoms with Crippen molar-refractivity contribution in [2.24, 2.45) is 0 Å². The molecule has 0 N–H and O–H groups in total. The van der Waals surface area contributed by atoms with Gasteiger partial charge in [-0.1, -0.05) is 0 Å². The second-order valence-corrected chi connectivity index (χ2v) is 4.04. The number of pyridine rings is 1. The van der Waals surface area contributed by atoms with Crippen molar-refractivity contribution in [2.45, 2.75) is 25.1 Å². The summed E-state index contributed by atoms with van der Waals surface area (Å²) in [6.45, 7) is 0. The SMILES string of the molecule is FC(F)(F)c1c(OC2CC2)ccnc1Br. The molecule has 1 aromatic heterocycles. The summed E-state index contributed by atoms with van der Waals surface area (Å²) in [5.41, 5.74) is -0.836. The molecule has 1 aromatic rings. The van der Waals surface area contributed by atoms with Gasteiger partial charge in [0.25, 0.3) is 0 Å². The zero-order valence-electron chi connectivity index (χ0n) is 7.51. The number of aromatic nitrogens is 1. The van der Waals surface area contributed by atoms with Crippen LogP contribution >= 0.6 is 15.9 Å². The van der Waals surface area contributed by atoms with Crippen molar-refractivity contribution >= 4 is 15.9 Å². The summed E-state index contributed by atoms with van der Waals surface area (Å²) in [5.74, 6) is -0.146. The fraction of sp³-hybridized carbons (Fsp3) is 0.444. The summed E-state index contributed by atoms with van der Waals surface area (Å²) in [4.78, 5) is 3.55. The van der Waals surface area contributed by atoms with Crippen LogP contribution < -0.4 is 4.74 Å². The molecular formula is C9H7BrF3NO. The van der Waals surface area contributed by atoms with Crippen LogP contribution in [0.25, 0.3) is 0 Å². The first kappa shape index (κ1) is 10.7. The first-order valence-electron chi connectivity index (χ1n) is 4.37. The molecule has 0 atom stereocenters. The third-order valence-electron chi connectivity index (χ3n) is 1.97. The Morgan fingerprint density at radius 2 is 2.07 bits per heavy atom. The fourth-order valence-corrected chi connectivity index (χ4v) is 1.68. The van der Waals surface area contributed by atoms with Crippen molar-refractivity contribution in [1.82, 2.24) is 4.98 Å². The fourth-order valence-electron chi connectivity index (χ4n) is 1.14. The standard InChI is InChI=1S/C9H7BrF3NO/c10-8-7(9(11,12)13)6(3-4-14-8)15-5-1-2-5/h3-5H,1-2H2. The Morgan fingerprint density at radius 3 is 2.60 bits per heavy atom. The third kappa shape index (κ3) is 2.42. The van der Waals surface area contributed by atoms with E-state index >= 15 is 0 Å². The molecule has 82 valence electrons. The van der Waals surface area contributed by atoms with Crippen LogP contribution in [0.1, 0.15) is 18.4 Å². The van der Waals surface area contributed by atoms with Gasteiger partial charge in [0.2, 0.25) is 0 Å². The van der Waals surface area contributed by atoms with Crippen LogP contribution in [0.15, 0.2) is 16.9 Å². The van der Waals surface area contributed by atoms with E-state index in [0.29, 0.717) is 0 Å². The predicted octanol–water partition coefficient (Wildman–Crippen LogP) is 3.40. The minimum atomic E-state index is -4.45. The van der Waals surface area contributed by atoms with E-state index in [2.05, 4.69) is 20.9 Å². The highest BCUT2D eigenvalue weighted by Crippen LogP contribution is 2.41. The minimum Gasteiger partial charge on any atom is -0.490 e. The van der Waals surface area contributed by atoms with E-state index in [9.17, 15) is 13.2 Å². The van der Waals surface area contributed by atoms with Crippen LogP contribution in [0, 0.1) is 0 Å². The minimum absolute atomic E-state index is 0.0691. The highest BCUT2D eigenvalue weighted by Gasteiger charge is 2.39. The maximum Gasteiger partial charge on any atom is 0.422 e. The summed E-state index contributed by atoms with van der Waals surface area (Å²) in [5, 5.41) is 0. The molecule has 0 saturated heterocycles. The van der Waals surface area contributed by atoms with Crippen LogP contribution in [0.4, 0.5) is 13.2 Å². The van der Waals surface area contributed by atoms with Crippen LogP contribution in [-0.4, -0.2) is 11.1 Å². The topological polar surface area (TPSA) is 22.1 Å². The largest absolute Gasteiger partial charge is 0.490 e. The molecule has 0 aromatic carbocycles. The number of nitrogens with zero attached hydrogens (tertiary/aromatic N) is 1. The average Bonchev–Trinajstić information content (AvgIpc) is 2.85. The summed E-state index contributed by atoms with van der Waals surface area (Å²) >= 11 is 2.78. The third-order valence-corrected chi connectivity index (χ3v) is 2.57. The molecule has 1 aliphatic carbocycles. The van der Waals surface area contributed by atoms with Gasteiger partial charge in [0.15, 0.2) is 0 Å². The number of hydrogen-bond acceptors (Lipinski definition) is 2. The van der Waals surface area contributed by atoms with Crippen LogP contribution in [0.2, 0.25) is 0 Å². The predicted molar refractivity (Wildman–Crippen MR) is 50.6 cm³/mol. The Kier molecular flexibility index (Phi) is 2.62. The first-order chi connectivity index (χ1) is 6.98. The van der Waals surface area contributed by atoms with Crippen molar-refractivity contribution in [3.05, 3.63) is 22.4 Å². The lowest BCUT2D eigenvalue weighted by atomic mass is 10.2. The van der Waals surface area contributed by atoms with E-state index in [4.69, 9.17) is 4.74 Å². The van der Waals surface area contributed by atoms with Gasteiger partial charge in [-0.2, -0.15) is 13.2 Å². The molecule has 0 unspecified atom stereocenters. The Balaban J connectivity index is 2.38. The number of hydrogen-bond donors (Lipinski definition) is 0. The summed E-state index contributed by atoms with van der Waals surface area (Å²) in [7, 11) is 0. The van der Waals surface area contributed by atoms with Gasteiger partial charge in [0.1, 0.15) is 15.9 Å². The van der Waals surface area contributed by atoms with Crippen molar-refractivity contribution in [2.75, 3.05) is 0 Å². The van der Waals surface area contributed by atoms with Crippen molar-refractivity contribution in [3.63, 3.8) is 0 Å². The van der Waals surface area contributed by atoms with Crippen LogP contribution in [0.3, 0.4) is 0 Å². The van der Waals surface area contributed by atoms with Gasteiger partial charge in [-0.3, -0.25) is 0 Å². The number of ether oxygens (including phenoxy) is 1. The van der Waals surface area contributed by atoms with Crippen molar-refractivity contribution in [3.8, 4) is 5.75 Å². The molecule has 1 fully saturated rings. The van der Waals surface area contributed by atoms with E-state index in [1.54, 1.807) is 0 Å². The van der Waals surface area contributed by atoms with E-state index in [1.165, 1.54) is 12.3 Å². The Hall–Kier alpha value is -0.780. The molecule has 6 heteroatoms. The Bertz CT molecular complexity index is 376. The van der Waals surface area contributed by atoms with Crippen LogP contribution in [0.5, 0.6) is 5.75 Å². The molecular weight excluding hydrogens is 275 g/mol. The average molecular weight is 282 g/mol. The zero-order valence-corrected chi connectivity index (χ0v) is 9.10. The second kappa shape index (κ2) is 3.66. The Labute approximate surface area is 92.6 Å². The number of alkyl halides is 3. The lowest BCUT2D eigenvalue weighted by Gasteiger charge is -2.14. The van der Waals surface area contributed by atoms with E-state index in [1.807, 2.05) is 0 Å². The van der Waals surface area contributed by atoms with Gasteiger partial charge in [-0.15, -0.1) is 0 Å². The smallest absolute Gasteiger partial charge is 0.422 e. The van der Waals surface area contributed by atoms with Crippen molar-refractivity contribution in [1.29, 1.82) is 0 Å². The molecule has 2 nitrogen and oxygen atoms in total. The molecule has 2 rings (SSSR count). The molecule has 0 radical (unpaired) electrons. The normalized spacial score (nSPS) is 16.5. The summed E-state index contributed by atoms with van der Waals surface area (Å²) in [6.07, 6.45) is -1.59. The highest BCUT2D eigenvalue weighted by atomic mass is 79.9. The quantitative estimate of drug-likeness (QED) is 0.775. The molecule has 1 heterocycles. The summed E-state index contributed by atoms with van der Waals surface area (Å²) < 4.78 is 42.8. The van der Waals surface area contributed by atoms with Gasteiger partial charge in [0.05, 0.1) is 6.10 Å². The Morgan fingerprint density at radius 1 is 1.40 bits per heavy atom. The lowest BCUT2D eigenvalue weighted by Crippen LogP contribution is -2.11. The maximum atomic E-state index is 12.6. The van der Waals surface area contributed by atoms with Gasteiger partial charge in [-0.25, -0.2) is 4.98 Å². The van der Waals surface area contributed by atoms with E-state index < -0.39 is 11.7 Å². The number of halogens is 4. The monoisotopic (exact) mass is 281 g/mol. The van der Waals surface area contributed by atoms with Crippen molar-refractivity contribution < 1.29 is 17.9 Å². The van der Waals surface area contributed by atoms with E-state index in [0.717, 1.165) is 12.8 Å². The molecule has 0 aliphatic heterocycles. The maximum absolute atomic E-state index is 12.6. The van der Waals surface area contributed by atoms with Gasteiger partial charge >= 0.3 is 6.18 Å². The van der Waals surface area contributed by atoms with Crippen LogP contribution in [-0.2, 0) is 6.18 Å². The van der Waals surface area contributed by atoms with Gasteiger partial charge < -0.3 is 4.74 Å². The summed E-state index contributed by atoms with van der Waals surface area (Å²) in [6, 6.07) is 1.24. The second-order valence-electron chi connectivity index (χ2n) is 3.29. The first-order valence-corrected chi connectivity index (χ1v) is 5.16. The highest BCUT2D eigenvalue weighted by molar-refractivity contribution is 9.10. The molecule has 0 bridgehead atoms. The molecule has 1 saturated carbocycles. The lowest BCUT2D eigenvalue weighted by molar-refractivity contribution is -0.139. The molecule has 0 spiro atoms. The van der Waals surface area contributed by atoms with E-state index in [-0.39, 0.29) is 16.5 Å². The van der Waals surface area contributed by atoms with Gasteiger partial charge in [0, 0.05) is 6.20 Å². The number of rotatable bonds is 2. The molecule has 0 amide bonds.